The summed E-state index contributed by atoms with van der Waals surface area (Å²) in [5.74, 6) is 2.20. The normalized spacial score (nSPS) is 21.5. The molecule has 2 aliphatic rings. The van der Waals surface area contributed by atoms with Crippen molar-refractivity contribution < 1.29 is 9.47 Å². The minimum Gasteiger partial charge on any atom is -0.496 e. The van der Waals surface area contributed by atoms with Crippen molar-refractivity contribution in [3.63, 3.8) is 0 Å². The van der Waals surface area contributed by atoms with E-state index in [1.54, 1.807) is 7.11 Å². The van der Waals surface area contributed by atoms with E-state index in [-0.39, 0.29) is 18.9 Å². The maximum Gasteiger partial charge on any atom is 0.128 e. The lowest BCUT2D eigenvalue weighted by Crippen LogP contribution is -2.46. The monoisotopic (exact) mass is 341 g/mol. The molecule has 0 amide bonds. The topological polar surface area (TPSA) is 30.5 Å². The van der Waals surface area contributed by atoms with Crippen molar-refractivity contribution in [3.8, 4) is 11.5 Å². The van der Waals surface area contributed by atoms with E-state index in [2.05, 4.69) is 43.4 Å². The molecule has 2 unspecified atom stereocenters. The van der Waals surface area contributed by atoms with Gasteiger partial charge in [-0.3, -0.25) is 0 Å². The molecule has 2 aromatic rings. The third-order valence-electron chi connectivity index (χ3n) is 5.24. The Kier molecular flexibility index (Phi) is 5.66. The van der Waals surface area contributed by atoms with Gasteiger partial charge in [0.05, 0.1) is 25.3 Å². The van der Waals surface area contributed by atoms with Gasteiger partial charge in [-0.1, -0.05) is 59.4 Å². The SMILES string of the molecule is C.CC.COc1cccc2c1C1Nc3ccccc3C(C)(C)C1CO2. The standard InChI is InChI=1S/C19H21NO2.C2H6.CH4/c1-19(2)12-7-4-5-8-14(12)20-18-13(19)11-22-16-10-6-9-15(21-3)17(16)18;1-2;/h4-10,13,18,20H,11H2,1-3H3;1-2H3;1H4. The van der Waals surface area contributed by atoms with Crippen molar-refractivity contribution in [2.45, 2.75) is 46.6 Å². The van der Waals surface area contributed by atoms with Crippen molar-refractivity contribution in [2.75, 3.05) is 19.0 Å². The Morgan fingerprint density at radius 3 is 2.52 bits per heavy atom. The third-order valence-corrected chi connectivity index (χ3v) is 5.24. The molecule has 0 bridgehead atoms. The number of para-hydroxylation sites is 1. The molecule has 3 nitrogen and oxygen atoms in total. The highest BCUT2D eigenvalue weighted by molar-refractivity contribution is 5.62. The van der Waals surface area contributed by atoms with Crippen LogP contribution in [0.3, 0.4) is 0 Å². The fourth-order valence-electron chi connectivity index (χ4n) is 3.95. The molecule has 0 fully saturated rings. The summed E-state index contributed by atoms with van der Waals surface area (Å²) < 4.78 is 11.7. The fourth-order valence-corrected chi connectivity index (χ4v) is 3.95. The summed E-state index contributed by atoms with van der Waals surface area (Å²) in [7, 11) is 1.72. The molecule has 1 N–H and O–H groups in total. The van der Waals surface area contributed by atoms with Gasteiger partial charge < -0.3 is 14.8 Å². The van der Waals surface area contributed by atoms with E-state index in [4.69, 9.17) is 9.47 Å². The number of hydrogen-bond acceptors (Lipinski definition) is 3. The number of ether oxygens (including phenoxy) is 2. The summed E-state index contributed by atoms with van der Waals surface area (Å²) in [6.07, 6.45) is 0. The zero-order valence-corrected chi connectivity index (χ0v) is 15.2. The van der Waals surface area contributed by atoms with Crippen LogP contribution in [0.25, 0.3) is 0 Å². The van der Waals surface area contributed by atoms with E-state index in [9.17, 15) is 0 Å². The number of anilines is 1. The van der Waals surface area contributed by atoms with Crippen LogP contribution < -0.4 is 14.8 Å². The van der Waals surface area contributed by atoms with Gasteiger partial charge in [0, 0.05) is 17.0 Å². The Bertz CT molecular complexity index is 709. The van der Waals surface area contributed by atoms with Gasteiger partial charge in [0.15, 0.2) is 0 Å². The zero-order valence-electron chi connectivity index (χ0n) is 15.2. The van der Waals surface area contributed by atoms with Crippen LogP contribution in [0.2, 0.25) is 0 Å². The second kappa shape index (κ2) is 7.38. The van der Waals surface area contributed by atoms with Gasteiger partial charge in [0.2, 0.25) is 0 Å². The number of benzene rings is 2. The van der Waals surface area contributed by atoms with Crippen LogP contribution in [0.5, 0.6) is 11.5 Å². The Morgan fingerprint density at radius 2 is 1.80 bits per heavy atom. The Morgan fingerprint density at radius 1 is 1.08 bits per heavy atom. The fraction of sp³-hybridized carbons (Fsp3) is 0.455. The lowest BCUT2D eigenvalue weighted by molar-refractivity contribution is 0.133. The van der Waals surface area contributed by atoms with Crippen LogP contribution in [0.15, 0.2) is 42.5 Å². The van der Waals surface area contributed by atoms with Gasteiger partial charge in [0.25, 0.3) is 0 Å². The first-order chi connectivity index (χ1) is 11.6. The molecule has 2 heterocycles. The predicted molar refractivity (Wildman–Crippen MR) is 106 cm³/mol. The summed E-state index contributed by atoms with van der Waals surface area (Å²) in [6.45, 7) is 9.35. The predicted octanol–water partition coefficient (Wildman–Crippen LogP) is 5.81. The summed E-state index contributed by atoms with van der Waals surface area (Å²) in [6, 6.07) is 14.8. The van der Waals surface area contributed by atoms with Crippen molar-refractivity contribution in [3.05, 3.63) is 53.6 Å². The van der Waals surface area contributed by atoms with Gasteiger partial charge in [-0.05, 0) is 23.8 Å². The van der Waals surface area contributed by atoms with E-state index in [0.717, 1.165) is 23.7 Å². The van der Waals surface area contributed by atoms with E-state index >= 15 is 0 Å². The van der Waals surface area contributed by atoms with Gasteiger partial charge in [-0.15, -0.1) is 0 Å². The molecule has 25 heavy (non-hydrogen) atoms. The molecule has 0 aliphatic carbocycles. The summed E-state index contributed by atoms with van der Waals surface area (Å²) in [4.78, 5) is 0. The van der Waals surface area contributed by atoms with Gasteiger partial charge in [0.1, 0.15) is 11.5 Å². The molecule has 0 aromatic heterocycles. The maximum absolute atomic E-state index is 6.07. The van der Waals surface area contributed by atoms with Crippen molar-refractivity contribution >= 4 is 5.69 Å². The molecule has 0 saturated carbocycles. The van der Waals surface area contributed by atoms with Gasteiger partial charge in [-0.2, -0.15) is 0 Å². The van der Waals surface area contributed by atoms with Crippen LogP contribution in [-0.2, 0) is 5.41 Å². The van der Waals surface area contributed by atoms with Gasteiger partial charge in [-0.25, -0.2) is 0 Å². The van der Waals surface area contributed by atoms with Crippen molar-refractivity contribution in [1.29, 1.82) is 0 Å². The Balaban J connectivity index is 0.000000726. The first-order valence-electron chi connectivity index (χ1n) is 8.78. The average Bonchev–Trinajstić information content (AvgIpc) is 2.62. The summed E-state index contributed by atoms with van der Waals surface area (Å²) in [5, 5.41) is 3.73. The molecule has 3 heteroatoms. The summed E-state index contributed by atoms with van der Waals surface area (Å²) in [5.41, 5.74) is 3.76. The Hall–Kier alpha value is -2.16. The molecule has 4 rings (SSSR count). The highest BCUT2D eigenvalue weighted by Gasteiger charge is 2.47. The van der Waals surface area contributed by atoms with Gasteiger partial charge >= 0.3 is 0 Å². The number of nitrogens with one attached hydrogen (secondary N) is 1. The second-order valence-corrected chi connectivity index (χ2v) is 6.68. The van der Waals surface area contributed by atoms with E-state index in [0.29, 0.717) is 5.92 Å². The van der Waals surface area contributed by atoms with E-state index in [1.165, 1.54) is 11.3 Å². The second-order valence-electron chi connectivity index (χ2n) is 6.68. The first-order valence-corrected chi connectivity index (χ1v) is 8.78. The molecule has 2 aliphatic heterocycles. The molecule has 0 radical (unpaired) electrons. The molecule has 136 valence electrons. The maximum atomic E-state index is 6.07. The number of methoxy groups -OCH3 is 1. The lowest BCUT2D eigenvalue weighted by atomic mass is 9.65. The molecule has 0 saturated heterocycles. The van der Waals surface area contributed by atoms with Crippen molar-refractivity contribution in [2.24, 2.45) is 5.92 Å². The quantitative estimate of drug-likeness (QED) is 0.710. The van der Waals surface area contributed by atoms with Crippen LogP contribution in [0.1, 0.15) is 52.3 Å². The highest BCUT2D eigenvalue weighted by Crippen LogP contribution is 2.53. The third kappa shape index (κ3) is 2.97. The molecule has 0 spiro atoms. The van der Waals surface area contributed by atoms with Crippen LogP contribution in [-0.4, -0.2) is 13.7 Å². The van der Waals surface area contributed by atoms with Crippen LogP contribution >= 0.6 is 0 Å². The Labute approximate surface area is 152 Å². The van der Waals surface area contributed by atoms with Crippen molar-refractivity contribution in [1.82, 2.24) is 0 Å². The zero-order chi connectivity index (χ0) is 17.3. The molecule has 2 atom stereocenters. The average molecular weight is 341 g/mol. The molecule has 2 aromatic carbocycles. The number of hydrogen-bond donors (Lipinski definition) is 1. The van der Waals surface area contributed by atoms with Crippen LogP contribution in [0.4, 0.5) is 5.69 Å². The first kappa shape index (κ1) is 19.2. The minimum absolute atomic E-state index is 0. The van der Waals surface area contributed by atoms with E-state index in [1.807, 2.05) is 32.0 Å². The number of fused-ring (bicyclic) bond motifs is 4. The summed E-state index contributed by atoms with van der Waals surface area (Å²) >= 11 is 0. The minimum atomic E-state index is 0. The molecular weight excluding hydrogens is 310 g/mol. The van der Waals surface area contributed by atoms with Crippen LogP contribution in [0, 0.1) is 5.92 Å². The lowest BCUT2D eigenvalue weighted by Gasteiger charge is -2.48. The number of rotatable bonds is 1. The largest absolute Gasteiger partial charge is 0.496 e. The van der Waals surface area contributed by atoms with E-state index < -0.39 is 0 Å². The molecular formula is C22H31NO2. The highest BCUT2D eigenvalue weighted by atomic mass is 16.5. The smallest absolute Gasteiger partial charge is 0.128 e.